The molecular weight excluding hydrogens is 301 g/mol. The maximum atomic E-state index is 12.8. The van der Waals surface area contributed by atoms with Crippen molar-refractivity contribution in [2.24, 2.45) is 0 Å². The second-order valence-electron chi connectivity index (χ2n) is 4.86. The number of carbonyl (C=O) groups is 1. The fraction of sp³-hybridized carbons (Fsp3) is 0.118. The van der Waals surface area contributed by atoms with Crippen LogP contribution < -0.4 is 5.32 Å². The van der Waals surface area contributed by atoms with Crippen molar-refractivity contribution >= 4 is 17.2 Å². The third kappa shape index (κ3) is 3.62. The lowest BCUT2D eigenvalue weighted by Gasteiger charge is -2.03. The van der Waals surface area contributed by atoms with Crippen molar-refractivity contribution in [2.45, 2.75) is 13.0 Å². The largest absolute Gasteiger partial charge is 0.459 e. The molecule has 112 valence electrons. The van der Waals surface area contributed by atoms with Crippen molar-refractivity contribution in [1.82, 2.24) is 5.32 Å². The first kappa shape index (κ1) is 14.5. The Balaban J connectivity index is 1.54. The van der Waals surface area contributed by atoms with Crippen LogP contribution in [0.1, 0.15) is 11.3 Å². The average molecular weight is 315 g/mol. The zero-order chi connectivity index (χ0) is 15.4. The van der Waals surface area contributed by atoms with E-state index in [0.717, 1.165) is 16.9 Å². The summed E-state index contributed by atoms with van der Waals surface area (Å²) in [5.74, 6) is 1.07. The van der Waals surface area contributed by atoms with Gasteiger partial charge in [-0.1, -0.05) is 12.1 Å². The predicted octanol–water partition coefficient (Wildman–Crippen LogP) is 4.01. The first-order valence-electron chi connectivity index (χ1n) is 6.83. The Hall–Kier alpha value is -2.40. The lowest BCUT2D eigenvalue weighted by molar-refractivity contribution is -0.120. The molecule has 3 rings (SSSR count). The first-order chi connectivity index (χ1) is 10.7. The van der Waals surface area contributed by atoms with Crippen LogP contribution >= 0.6 is 11.3 Å². The van der Waals surface area contributed by atoms with Gasteiger partial charge in [0.2, 0.25) is 5.91 Å². The Morgan fingerprint density at radius 3 is 2.68 bits per heavy atom. The SMILES string of the molecule is O=C(Cc1ccc(F)cc1)NCc1ccc(-c2ccsc2)o1. The second-order valence-corrected chi connectivity index (χ2v) is 5.64. The molecule has 1 aromatic carbocycles. The zero-order valence-corrected chi connectivity index (χ0v) is 12.5. The number of hydrogen-bond acceptors (Lipinski definition) is 3. The van der Waals surface area contributed by atoms with E-state index >= 15 is 0 Å². The van der Waals surface area contributed by atoms with Crippen molar-refractivity contribution in [1.29, 1.82) is 0 Å². The summed E-state index contributed by atoms with van der Waals surface area (Å²) in [5.41, 5.74) is 1.81. The number of carbonyl (C=O) groups excluding carboxylic acids is 1. The zero-order valence-electron chi connectivity index (χ0n) is 11.7. The van der Waals surface area contributed by atoms with Crippen LogP contribution in [0.15, 0.2) is 57.6 Å². The number of hydrogen-bond donors (Lipinski definition) is 1. The summed E-state index contributed by atoms with van der Waals surface area (Å²) in [7, 11) is 0. The summed E-state index contributed by atoms with van der Waals surface area (Å²) in [4.78, 5) is 11.9. The van der Waals surface area contributed by atoms with Gasteiger partial charge in [0.1, 0.15) is 17.3 Å². The standard InChI is InChI=1S/C17H14FNO2S/c18-14-3-1-12(2-4-14)9-17(20)19-10-15-5-6-16(21-15)13-7-8-22-11-13/h1-8,11H,9-10H2,(H,19,20). The highest BCUT2D eigenvalue weighted by atomic mass is 32.1. The Labute approximate surface area is 131 Å². The van der Waals surface area contributed by atoms with E-state index in [1.54, 1.807) is 23.5 Å². The number of thiophene rings is 1. The van der Waals surface area contributed by atoms with Gasteiger partial charge in [-0.05, 0) is 41.3 Å². The van der Waals surface area contributed by atoms with Gasteiger partial charge in [-0.2, -0.15) is 11.3 Å². The molecule has 0 atom stereocenters. The molecule has 3 aromatic rings. The van der Waals surface area contributed by atoms with Gasteiger partial charge in [-0.25, -0.2) is 4.39 Å². The van der Waals surface area contributed by atoms with E-state index in [0.29, 0.717) is 12.3 Å². The van der Waals surface area contributed by atoms with Crippen molar-refractivity contribution in [3.63, 3.8) is 0 Å². The first-order valence-corrected chi connectivity index (χ1v) is 7.77. The van der Waals surface area contributed by atoms with Gasteiger partial charge in [0.15, 0.2) is 0 Å². The number of nitrogens with one attached hydrogen (secondary N) is 1. The van der Waals surface area contributed by atoms with Crippen LogP contribution in [-0.4, -0.2) is 5.91 Å². The molecule has 2 heterocycles. The number of benzene rings is 1. The summed E-state index contributed by atoms with van der Waals surface area (Å²) in [6.07, 6.45) is 0.221. The molecule has 0 aliphatic heterocycles. The lowest BCUT2D eigenvalue weighted by atomic mass is 10.1. The Kier molecular flexibility index (Phi) is 4.34. The Morgan fingerprint density at radius 1 is 1.14 bits per heavy atom. The van der Waals surface area contributed by atoms with E-state index in [4.69, 9.17) is 4.42 Å². The molecule has 1 N–H and O–H groups in total. The summed E-state index contributed by atoms with van der Waals surface area (Å²) < 4.78 is 18.5. The molecule has 0 aliphatic rings. The van der Waals surface area contributed by atoms with Crippen molar-refractivity contribution in [3.05, 3.63) is 70.4 Å². The summed E-state index contributed by atoms with van der Waals surface area (Å²) in [5, 5.41) is 6.79. The fourth-order valence-corrected chi connectivity index (χ4v) is 2.71. The van der Waals surface area contributed by atoms with Gasteiger partial charge in [0.05, 0.1) is 13.0 Å². The van der Waals surface area contributed by atoms with E-state index in [1.165, 1.54) is 12.1 Å². The molecule has 0 aliphatic carbocycles. The third-order valence-corrected chi connectivity index (χ3v) is 3.89. The second kappa shape index (κ2) is 6.58. The van der Waals surface area contributed by atoms with Crippen molar-refractivity contribution in [3.8, 4) is 11.3 Å². The van der Waals surface area contributed by atoms with Gasteiger partial charge in [-0.3, -0.25) is 4.79 Å². The molecule has 0 spiro atoms. The molecule has 22 heavy (non-hydrogen) atoms. The fourth-order valence-electron chi connectivity index (χ4n) is 2.07. The molecule has 1 amide bonds. The molecule has 0 saturated heterocycles. The topological polar surface area (TPSA) is 42.2 Å². The van der Waals surface area contributed by atoms with Crippen LogP contribution in [0.2, 0.25) is 0 Å². The molecule has 3 nitrogen and oxygen atoms in total. The Morgan fingerprint density at radius 2 is 1.95 bits per heavy atom. The molecule has 0 saturated carbocycles. The quantitative estimate of drug-likeness (QED) is 0.773. The highest BCUT2D eigenvalue weighted by Crippen LogP contribution is 2.24. The van der Waals surface area contributed by atoms with E-state index in [1.807, 2.05) is 29.0 Å². The van der Waals surface area contributed by atoms with Gasteiger partial charge in [0.25, 0.3) is 0 Å². The highest BCUT2D eigenvalue weighted by Gasteiger charge is 2.07. The normalized spacial score (nSPS) is 10.6. The minimum Gasteiger partial charge on any atom is -0.459 e. The van der Waals surface area contributed by atoms with Gasteiger partial charge >= 0.3 is 0 Å². The highest BCUT2D eigenvalue weighted by molar-refractivity contribution is 7.08. The van der Waals surface area contributed by atoms with Crippen LogP contribution in [0.3, 0.4) is 0 Å². The third-order valence-electron chi connectivity index (χ3n) is 3.21. The van der Waals surface area contributed by atoms with E-state index in [2.05, 4.69) is 5.32 Å². The van der Waals surface area contributed by atoms with E-state index < -0.39 is 0 Å². The number of rotatable bonds is 5. The van der Waals surface area contributed by atoms with Crippen LogP contribution in [0.4, 0.5) is 4.39 Å². The van der Waals surface area contributed by atoms with Gasteiger partial charge in [0, 0.05) is 10.9 Å². The van der Waals surface area contributed by atoms with Crippen LogP contribution in [-0.2, 0) is 17.8 Å². The lowest BCUT2D eigenvalue weighted by Crippen LogP contribution is -2.24. The van der Waals surface area contributed by atoms with Gasteiger partial charge < -0.3 is 9.73 Å². The number of halogens is 1. The predicted molar refractivity (Wildman–Crippen MR) is 84.0 cm³/mol. The molecule has 0 radical (unpaired) electrons. The molecule has 0 bridgehead atoms. The molecule has 0 fully saturated rings. The maximum absolute atomic E-state index is 12.8. The van der Waals surface area contributed by atoms with Gasteiger partial charge in [-0.15, -0.1) is 0 Å². The summed E-state index contributed by atoms with van der Waals surface area (Å²) >= 11 is 1.61. The summed E-state index contributed by atoms with van der Waals surface area (Å²) in [6, 6.07) is 11.6. The van der Waals surface area contributed by atoms with Crippen LogP contribution in [0.5, 0.6) is 0 Å². The van der Waals surface area contributed by atoms with Crippen molar-refractivity contribution < 1.29 is 13.6 Å². The molecular formula is C17H14FNO2S. The minimum absolute atomic E-state index is 0.125. The average Bonchev–Trinajstić information content (AvgIpc) is 3.18. The monoisotopic (exact) mass is 315 g/mol. The smallest absolute Gasteiger partial charge is 0.224 e. The van der Waals surface area contributed by atoms with Crippen LogP contribution in [0, 0.1) is 5.82 Å². The summed E-state index contributed by atoms with van der Waals surface area (Å²) in [6.45, 7) is 0.337. The minimum atomic E-state index is -0.305. The van der Waals surface area contributed by atoms with Crippen molar-refractivity contribution in [2.75, 3.05) is 0 Å². The van der Waals surface area contributed by atoms with E-state index in [-0.39, 0.29) is 18.1 Å². The molecule has 5 heteroatoms. The molecule has 0 unspecified atom stereocenters. The number of furan rings is 1. The number of amides is 1. The maximum Gasteiger partial charge on any atom is 0.224 e. The van der Waals surface area contributed by atoms with Crippen LogP contribution in [0.25, 0.3) is 11.3 Å². The Bertz CT molecular complexity index is 747. The van der Waals surface area contributed by atoms with E-state index in [9.17, 15) is 9.18 Å². The molecule has 2 aromatic heterocycles.